The Bertz CT molecular complexity index is 151. The second kappa shape index (κ2) is 18.9. The van der Waals surface area contributed by atoms with Gasteiger partial charge in [0.25, 0.3) is 0 Å². The molecule has 0 spiro atoms. The zero-order chi connectivity index (χ0) is 15.6. The minimum Gasteiger partial charge on any atom is -0.379 e. The van der Waals surface area contributed by atoms with E-state index in [0.717, 1.165) is 38.8 Å². The third kappa shape index (κ3) is 17.9. The van der Waals surface area contributed by atoms with E-state index >= 15 is 0 Å². The maximum Gasteiger partial charge on any atom is 0.0594 e. The van der Waals surface area contributed by atoms with E-state index in [1.165, 1.54) is 32.4 Å². The number of nitrogens with zero attached hydrogens (tertiary/aromatic N) is 1. The molecule has 0 saturated carbocycles. The second-order valence-electron chi connectivity index (χ2n) is 5.37. The largest absolute Gasteiger partial charge is 0.379 e. The van der Waals surface area contributed by atoms with E-state index in [-0.39, 0.29) is 0 Å². The summed E-state index contributed by atoms with van der Waals surface area (Å²) in [6.45, 7) is 20.5. The van der Waals surface area contributed by atoms with Crippen molar-refractivity contribution in [1.82, 2.24) is 10.2 Å². The van der Waals surface area contributed by atoms with E-state index in [2.05, 4.69) is 37.9 Å². The van der Waals surface area contributed by atoms with Gasteiger partial charge in [-0.15, -0.1) is 0 Å². The van der Waals surface area contributed by atoms with Crippen LogP contribution in [0.4, 0.5) is 0 Å². The Balaban J connectivity index is 0. The molecule has 1 heterocycles. The number of nitrogens with one attached hydrogen (secondary N) is 1. The molecule has 1 saturated heterocycles. The number of unbranched alkanes of at least 4 members (excludes halogenated alkanes) is 2. The Morgan fingerprint density at radius 2 is 1.65 bits per heavy atom. The van der Waals surface area contributed by atoms with Gasteiger partial charge in [0.05, 0.1) is 13.2 Å². The smallest absolute Gasteiger partial charge is 0.0594 e. The number of hydrogen-bond donors (Lipinski definition) is 1. The van der Waals surface area contributed by atoms with Crippen molar-refractivity contribution in [2.24, 2.45) is 5.92 Å². The zero-order valence-corrected chi connectivity index (χ0v) is 15.0. The van der Waals surface area contributed by atoms with Crippen molar-refractivity contribution in [3.8, 4) is 0 Å². The average molecular weight is 289 g/mol. The van der Waals surface area contributed by atoms with Crippen LogP contribution >= 0.6 is 0 Å². The van der Waals surface area contributed by atoms with Crippen molar-refractivity contribution >= 4 is 0 Å². The molecule has 0 aromatic rings. The lowest BCUT2D eigenvalue weighted by molar-refractivity contribution is 0.0329. The van der Waals surface area contributed by atoms with Gasteiger partial charge in [-0.1, -0.05) is 54.4 Å². The first-order valence-corrected chi connectivity index (χ1v) is 8.71. The van der Waals surface area contributed by atoms with Gasteiger partial charge in [-0.2, -0.15) is 0 Å². The third-order valence-electron chi connectivity index (χ3n) is 2.93. The summed E-state index contributed by atoms with van der Waals surface area (Å²) in [5, 5.41) is 3.28. The fourth-order valence-electron chi connectivity index (χ4n) is 1.98. The molecule has 124 valence electrons. The van der Waals surface area contributed by atoms with E-state index < -0.39 is 0 Å². The van der Waals surface area contributed by atoms with Crippen LogP contribution < -0.4 is 5.32 Å². The SMILES string of the molecule is CC.CC(C)CN1CCOCC1.CCCCCNCC. The van der Waals surface area contributed by atoms with Crippen LogP contribution in [0.5, 0.6) is 0 Å². The first-order valence-electron chi connectivity index (χ1n) is 8.71. The maximum atomic E-state index is 5.24. The van der Waals surface area contributed by atoms with Crippen molar-refractivity contribution in [1.29, 1.82) is 0 Å². The monoisotopic (exact) mass is 288 g/mol. The second-order valence-corrected chi connectivity index (χ2v) is 5.37. The molecule has 1 aliphatic rings. The molecule has 3 heteroatoms. The number of hydrogen-bond acceptors (Lipinski definition) is 3. The normalized spacial score (nSPS) is 15.2. The lowest BCUT2D eigenvalue weighted by atomic mass is 10.2. The average Bonchev–Trinajstić information content (AvgIpc) is 2.47. The van der Waals surface area contributed by atoms with Crippen LogP contribution in [-0.4, -0.2) is 50.8 Å². The van der Waals surface area contributed by atoms with Gasteiger partial charge in [0.2, 0.25) is 0 Å². The zero-order valence-electron chi connectivity index (χ0n) is 15.0. The molecule has 0 aliphatic carbocycles. The maximum absolute atomic E-state index is 5.24. The van der Waals surface area contributed by atoms with E-state index in [1.54, 1.807) is 0 Å². The highest BCUT2D eigenvalue weighted by molar-refractivity contribution is 4.62. The molecule has 0 bridgehead atoms. The molecule has 3 nitrogen and oxygen atoms in total. The molecule has 0 amide bonds. The van der Waals surface area contributed by atoms with Gasteiger partial charge in [0, 0.05) is 19.6 Å². The van der Waals surface area contributed by atoms with Gasteiger partial charge < -0.3 is 10.1 Å². The Labute approximate surface area is 128 Å². The molecular formula is C17H40N2O. The van der Waals surface area contributed by atoms with Crippen molar-refractivity contribution in [2.75, 3.05) is 45.9 Å². The summed E-state index contributed by atoms with van der Waals surface area (Å²) in [6, 6.07) is 0. The van der Waals surface area contributed by atoms with Crippen LogP contribution in [0.1, 0.15) is 60.8 Å². The Hall–Kier alpha value is -0.120. The van der Waals surface area contributed by atoms with Gasteiger partial charge >= 0.3 is 0 Å². The first-order chi connectivity index (χ1) is 9.70. The summed E-state index contributed by atoms with van der Waals surface area (Å²) in [6.07, 6.45) is 4.03. The third-order valence-corrected chi connectivity index (χ3v) is 2.93. The summed E-state index contributed by atoms with van der Waals surface area (Å²) in [5.74, 6) is 0.790. The summed E-state index contributed by atoms with van der Waals surface area (Å²) in [7, 11) is 0. The van der Waals surface area contributed by atoms with Gasteiger partial charge in [-0.25, -0.2) is 0 Å². The lowest BCUT2D eigenvalue weighted by Gasteiger charge is -2.27. The van der Waals surface area contributed by atoms with Crippen molar-refractivity contribution in [2.45, 2.75) is 60.8 Å². The van der Waals surface area contributed by atoms with Crippen molar-refractivity contribution in [3.63, 3.8) is 0 Å². The highest BCUT2D eigenvalue weighted by Gasteiger charge is 2.10. The molecule has 1 rings (SSSR count). The number of rotatable bonds is 7. The van der Waals surface area contributed by atoms with E-state index in [1.807, 2.05) is 13.8 Å². The fourth-order valence-corrected chi connectivity index (χ4v) is 1.98. The topological polar surface area (TPSA) is 24.5 Å². The van der Waals surface area contributed by atoms with Crippen LogP contribution in [0.2, 0.25) is 0 Å². The molecule has 0 atom stereocenters. The molecule has 1 fully saturated rings. The summed E-state index contributed by atoms with van der Waals surface area (Å²) < 4.78 is 5.24. The highest BCUT2D eigenvalue weighted by atomic mass is 16.5. The highest BCUT2D eigenvalue weighted by Crippen LogP contribution is 2.01. The first kappa shape index (κ1) is 22.2. The molecule has 1 N–H and O–H groups in total. The Morgan fingerprint density at radius 3 is 2.10 bits per heavy atom. The number of morpholine rings is 1. The van der Waals surface area contributed by atoms with Crippen molar-refractivity contribution in [3.05, 3.63) is 0 Å². The lowest BCUT2D eigenvalue weighted by Crippen LogP contribution is -2.38. The fraction of sp³-hybridized carbons (Fsp3) is 1.00. The minimum atomic E-state index is 0.790. The quantitative estimate of drug-likeness (QED) is 0.721. The van der Waals surface area contributed by atoms with Gasteiger partial charge in [-0.05, 0) is 25.4 Å². The summed E-state index contributed by atoms with van der Waals surface area (Å²) >= 11 is 0. The van der Waals surface area contributed by atoms with Crippen LogP contribution in [0.25, 0.3) is 0 Å². The summed E-state index contributed by atoms with van der Waals surface area (Å²) in [4.78, 5) is 2.47. The summed E-state index contributed by atoms with van der Waals surface area (Å²) in [5.41, 5.74) is 0. The van der Waals surface area contributed by atoms with E-state index in [0.29, 0.717) is 0 Å². The minimum absolute atomic E-state index is 0.790. The van der Waals surface area contributed by atoms with Gasteiger partial charge in [0.1, 0.15) is 0 Å². The molecule has 0 aromatic heterocycles. The molecule has 1 aliphatic heterocycles. The number of ether oxygens (including phenoxy) is 1. The molecule has 0 unspecified atom stereocenters. The van der Waals surface area contributed by atoms with Crippen LogP contribution in [0, 0.1) is 5.92 Å². The van der Waals surface area contributed by atoms with Gasteiger partial charge in [0.15, 0.2) is 0 Å². The van der Waals surface area contributed by atoms with Crippen molar-refractivity contribution < 1.29 is 4.74 Å². The van der Waals surface area contributed by atoms with E-state index in [9.17, 15) is 0 Å². The van der Waals surface area contributed by atoms with Crippen LogP contribution in [-0.2, 0) is 4.74 Å². The predicted octanol–water partition coefficient (Wildman–Crippen LogP) is 3.79. The van der Waals surface area contributed by atoms with Crippen LogP contribution in [0.15, 0.2) is 0 Å². The molecular weight excluding hydrogens is 248 g/mol. The van der Waals surface area contributed by atoms with E-state index in [4.69, 9.17) is 4.74 Å². The molecule has 20 heavy (non-hydrogen) atoms. The Morgan fingerprint density at radius 1 is 1.05 bits per heavy atom. The van der Waals surface area contributed by atoms with Crippen LogP contribution in [0.3, 0.4) is 0 Å². The Kier molecular flexibility index (Phi) is 20.9. The standard InChI is InChI=1S/C8H17NO.C7H17N.C2H6/c1-8(2)7-9-3-5-10-6-4-9;1-3-5-6-7-8-4-2;1-2/h8H,3-7H2,1-2H3;8H,3-7H2,1-2H3;1-2H3. The molecule has 0 aromatic carbocycles. The van der Waals surface area contributed by atoms with Gasteiger partial charge in [-0.3, -0.25) is 4.90 Å². The predicted molar refractivity (Wildman–Crippen MR) is 91.5 cm³/mol. The molecule has 0 radical (unpaired) electrons.